The van der Waals surface area contributed by atoms with Crippen LogP contribution in [0.15, 0.2) is 53.6 Å². The van der Waals surface area contributed by atoms with Crippen LogP contribution in [0, 0.1) is 34.6 Å². The van der Waals surface area contributed by atoms with E-state index >= 15 is 0 Å². The summed E-state index contributed by atoms with van der Waals surface area (Å²) >= 11 is 5.32. The second-order valence-corrected chi connectivity index (χ2v) is 9.07. The van der Waals surface area contributed by atoms with Crippen LogP contribution in [-0.2, 0) is 4.79 Å². The minimum Gasteiger partial charge on any atom is -0.493 e. The lowest BCUT2D eigenvalue weighted by Crippen LogP contribution is -2.24. The number of aryl methyl sites for hydroxylation is 5. The van der Waals surface area contributed by atoms with Crippen molar-refractivity contribution >= 4 is 40.8 Å². The second kappa shape index (κ2) is 12.2. The third kappa shape index (κ3) is 7.29. The van der Waals surface area contributed by atoms with Crippen molar-refractivity contribution in [1.29, 1.82) is 0 Å². The maximum atomic E-state index is 12.5. The van der Waals surface area contributed by atoms with Gasteiger partial charge in [-0.3, -0.25) is 10.2 Å². The lowest BCUT2D eigenvalue weighted by atomic mass is 10.1. The third-order valence-corrected chi connectivity index (χ3v) is 5.69. The van der Waals surface area contributed by atoms with Crippen molar-refractivity contribution in [3.8, 4) is 11.5 Å². The fourth-order valence-electron chi connectivity index (χ4n) is 3.85. The van der Waals surface area contributed by atoms with Gasteiger partial charge >= 0.3 is 0 Å². The molecule has 36 heavy (non-hydrogen) atoms. The van der Waals surface area contributed by atoms with Gasteiger partial charge in [0, 0.05) is 11.4 Å². The summed E-state index contributed by atoms with van der Waals surface area (Å²) in [6.07, 6.45) is 1.62. The van der Waals surface area contributed by atoms with Crippen molar-refractivity contribution in [2.45, 2.75) is 34.6 Å². The Morgan fingerprint density at radius 1 is 0.889 bits per heavy atom. The minimum atomic E-state index is -0.244. The molecule has 3 aromatic rings. The van der Waals surface area contributed by atoms with Gasteiger partial charge in [0.1, 0.15) is 0 Å². The number of benzene rings is 3. The number of nitrogens with zero attached hydrogens (tertiary/aromatic N) is 1. The van der Waals surface area contributed by atoms with Gasteiger partial charge in [0.05, 0.1) is 13.3 Å². The van der Waals surface area contributed by atoms with Gasteiger partial charge in [-0.2, -0.15) is 5.10 Å². The number of thiocarbonyl (C=S) groups is 1. The Balaban J connectivity index is 1.56. The minimum absolute atomic E-state index is 0.142. The van der Waals surface area contributed by atoms with Gasteiger partial charge < -0.3 is 20.1 Å². The molecule has 0 fully saturated rings. The number of ether oxygens (including phenoxy) is 2. The molecule has 0 aromatic heterocycles. The smallest absolute Gasteiger partial charge is 0.262 e. The zero-order valence-electron chi connectivity index (χ0n) is 21.5. The summed E-state index contributed by atoms with van der Waals surface area (Å²) in [5.41, 5.74) is 10.8. The first-order valence-electron chi connectivity index (χ1n) is 11.5. The van der Waals surface area contributed by atoms with Gasteiger partial charge in [-0.25, -0.2) is 0 Å². The summed E-state index contributed by atoms with van der Waals surface area (Å²) in [7, 11) is 1.55. The predicted octanol–water partition coefficient (Wildman–Crippen LogP) is 5.58. The number of rotatable bonds is 8. The third-order valence-electron chi connectivity index (χ3n) is 5.50. The Hall–Kier alpha value is -3.91. The average Bonchev–Trinajstić information content (AvgIpc) is 2.82. The van der Waals surface area contributed by atoms with E-state index in [1.54, 1.807) is 25.5 Å². The Labute approximate surface area is 217 Å². The molecule has 0 heterocycles. The molecule has 0 unspecified atom stereocenters. The van der Waals surface area contributed by atoms with Crippen LogP contribution in [0.3, 0.4) is 0 Å². The van der Waals surface area contributed by atoms with Crippen molar-refractivity contribution < 1.29 is 14.3 Å². The zero-order chi connectivity index (χ0) is 26.2. The highest BCUT2D eigenvalue weighted by molar-refractivity contribution is 7.80. The number of nitrogens with one attached hydrogen (secondary N) is 3. The molecule has 0 atom stereocenters. The molecular weight excluding hydrogens is 472 g/mol. The number of methoxy groups -OCH3 is 1. The van der Waals surface area contributed by atoms with Crippen LogP contribution in [0.1, 0.15) is 33.4 Å². The van der Waals surface area contributed by atoms with Crippen molar-refractivity contribution in [1.82, 2.24) is 5.43 Å². The lowest BCUT2D eigenvalue weighted by Gasteiger charge is -2.14. The van der Waals surface area contributed by atoms with E-state index in [-0.39, 0.29) is 12.5 Å². The number of hydrazone groups is 1. The van der Waals surface area contributed by atoms with Crippen molar-refractivity contribution in [2.24, 2.45) is 5.10 Å². The van der Waals surface area contributed by atoms with Gasteiger partial charge in [-0.1, -0.05) is 35.4 Å². The summed E-state index contributed by atoms with van der Waals surface area (Å²) in [6.45, 7) is 9.90. The van der Waals surface area contributed by atoms with Crippen molar-refractivity contribution in [3.05, 3.63) is 81.9 Å². The highest BCUT2D eigenvalue weighted by atomic mass is 32.1. The Morgan fingerprint density at radius 2 is 1.58 bits per heavy atom. The molecule has 0 spiro atoms. The molecule has 7 nitrogen and oxygen atoms in total. The lowest BCUT2D eigenvalue weighted by molar-refractivity contribution is -0.118. The molecule has 3 N–H and O–H groups in total. The molecular formula is C28H32N4O3S. The molecule has 188 valence electrons. The van der Waals surface area contributed by atoms with Crippen LogP contribution in [0.25, 0.3) is 0 Å². The first-order chi connectivity index (χ1) is 17.2. The van der Waals surface area contributed by atoms with Crippen LogP contribution >= 0.6 is 12.2 Å². The SMILES string of the molecule is COc1cc(C=NNC(=S)Nc2ccc(C)cc2C)ccc1OCC(=O)Nc1c(C)cc(C)cc1C. The Bertz CT molecular complexity index is 1280. The van der Waals surface area contributed by atoms with Gasteiger partial charge in [-0.05, 0) is 93.4 Å². The van der Waals surface area contributed by atoms with Crippen molar-refractivity contribution in [2.75, 3.05) is 24.4 Å². The number of carbonyl (C=O) groups is 1. The summed E-state index contributed by atoms with van der Waals surface area (Å²) in [5.74, 6) is 0.708. The fraction of sp³-hybridized carbons (Fsp3) is 0.250. The van der Waals surface area contributed by atoms with Gasteiger partial charge in [0.2, 0.25) is 0 Å². The zero-order valence-corrected chi connectivity index (χ0v) is 22.3. The molecule has 3 rings (SSSR count). The van der Waals surface area contributed by atoms with Crippen LogP contribution in [0.4, 0.5) is 11.4 Å². The molecule has 0 saturated carbocycles. The molecule has 0 aliphatic rings. The maximum absolute atomic E-state index is 12.5. The van der Waals surface area contributed by atoms with E-state index in [0.29, 0.717) is 16.6 Å². The molecule has 0 saturated heterocycles. The van der Waals surface area contributed by atoms with E-state index in [4.69, 9.17) is 21.7 Å². The Kier molecular flexibility index (Phi) is 9.02. The summed E-state index contributed by atoms with van der Waals surface area (Å²) in [4.78, 5) is 12.5. The largest absolute Gasteiger partial charge is 0.493 e. The number of hydrogen-bond donors (Lipinski definition) is 3. The van der Waals surface area contributed by atoms with Crippen molar-refractivity contribution in [3.63, 3.8) is 0 Å². The standard InChI is InChI=1S/C28H32N4O3S/c1-17-7-9-23(19(3)11-17)30-28(36)32-29-15-22-8-10-24(25(14-22)34-6)35-16-26(33)31-27-20(4)12-18(2)13-21(27)5/h7-15H,16H2,1-6H3,(H,31,33)(H2,30,32,36). The number of amides is 1. The summed E-state index contributed by atoms with van der Waals surface area (Å²) < 4.78 is 11.2. The molecule has 3 aromatic carbocycles. The fourth-order valence-corrected chi connectivity index (χ4v) is 4.01. The topological polar surface area (TPSA) is 84.0 Å². The summed E-state index contributed by atoms with van der Waals surface area (Å²) in [6, 6.07) is 15.5. The van der Waals surface area contributed by atoms with E-state index in [9.17, 15) is 4.79 Å². The van der Waals surface area contributed by atoms with Crippen LogP contribution in [-0.4, -0.2) is 31.0 Å². The van der Waals surface area contributed by atoms with Gasteiger partial charge in [0.25, 0.3) is 5.91 Å². The molecule has 0 aliphatic carbocycles. The average molecular weight is 505 g/mol. The number of hydrogen-bond acceptors (Lipinski definition) is 5. The highest BCUT2D eigenvalue weighted by Crippen LogP contribution is 2.28. The van der Waals surface area contributed by atoms with E-state index in [1.807, 2.05) is 65.0 Å². The highest BCUT2D eigenvalue weighted by Gasteiger charge is 2.11. The van der Waals surface area contributed by atoms with E-state index in [1.165, 1.54) is 5.56 Å². The molecule has 0 aliphatic heterocycles. The maximum Gasteiger partial charge on any atom is 0.262 e. The number of anilines is 2. The van der Waals surface area contributed by atoms with Gasteiger partial charge in [0.15, 0.2) is 23.2 Å². The molecule has 8 heteroatoms. The molecule has 0 bridgehead atoms. The monoisotopic (exact) mass is 504 g/mol. The second-order valence-electron chi connectivity index (χ2n) is 8.66. The normalized spacial score (nSPS) is 10.7. The van der Waals surface area contributed by atoms with Gasteiger partial charge in [-0.15, -0.1) is 0 Å². The van der Waals surface area contributed by atoms with E-state index in [2.05, 4.69) is 27.2 Å². The first kappa shape index (κ1) is 26.7. The Morgan fingerprint density at radius 3 is 2.25 bits per heavy atom. The quantitative estimate of drug-likeness (QED) is 0.211. The van der Waals surface area contributed by atoms with Crippen LogP contribution in [0.5, 0.6) is 11.5 Å². The van der Waals surface area contributed by atoms with E-state index < -0.39 is 0 Å². The van der Waals surface area contributed by atoms with Crippen LogP contribution in [0.2, 0.25) is 0 Å². The van der Waals surface area contributed by atoms with E-state index in [0.717, 1.165) is 39.2 Å². The summed E-state index contributed by atoms with van der Waals surface area (Å²) in [5, 5.41) is 10.6. The first-order valence-corrected chi connectivity index (χ1v) is 11.9. The van der Waals surface area contributed by atoms with Crippen LogP contribution < -0.4 is 25.5 Å². The molecule has 0 radical (unpaired) electrons. The number of carbonyl (C=O) groups excluding carboxylic acids is 1. The molecule has 1 amide bonds. The predicted molar refractivity (Wildman–Crippen MR) is 151 cm³/mol.